The number of ether oxygens (including phenoxy) is 1. The normalized spacial score (nSPS) is 16.3. The highest BCUT2D eigenvalue weighted by molar-refractivity contribution is 5.60. The van der Waals surface area contributed by atoms with Crippen LogP contribution in [0.4, 0.5) is 11.5 Å². The number of methoxy groups -OCH3 is 1. The number of hydrogen-bond acceptors (Lipinski definition) is 7. The molecule has 1 aliphatic heterocycles. The molecule has 0 aliphatic carbocycles. The van der Waals surface area contributed by atoms with Crippen molar-refractivity contribution in [1.82, 2.24) is 15.0 Å². The van der Waals surface area contributed by atoms with E-state index in [4.69, 9.17) is 4.74 Å². The zero-order valence-electron chi connectivity index (χ0n) is 10.1. The molecule has 1 N–H and O–H groups in total. The highest BCUT2D eigenvalue weighted by Gasteiger charge is 2.25. The third-order valence-electron chi connectivity index (χ3n) is 2.78. The average molecular weight is 253 g/mol. The Morgan fingerprint density at radius 2 is 2.11 bits per heavy atom. The zero-order chi connectivity index (χ0) is 13.0. The first-order chi connectivity index (χ1) is 8.72. The van der Waals surface area contributed by atoms with E-state index in [2.05, 4.69) is 15.4 Å². The minimum absolute atomic E-state index is 0.0329. The highest BCUT2D eigenvalue weighted by Crippen LogP contribution is 2.30. The van der Waals surface area contributed by atoms with Gasteiger partial charge in [-0.25, -0.2) is 9.99 Å². The van der Waals surface area contributed by atoms with Crippen LogP contribution < -0.4 is 10.2 Å². The van der Waals surface area contributed by atoms with Crippen LogP contribution in [-0.2, 0) is 0 Å². The van der Waals surface area contributed by atoms with Crippen molar-refractivity contribution in [2.45, 2.75) is 19.3 Å². The van der Waals surface area contributed by atoms with Crippen LogP contribution in [-0.4, -0.2) is 40.1 Å². The van der Waals surface area contributed by atoms with Gasteiger partial charge in [0.2, 0.25) is 5.82 Å². The Labute approximate surface area is 104 Å². The molecule has 98 valence electrons. The number of anilines is 1. The Balaban J connectivity index is 2.23. The van der Waals surface area contributed by atoms with Crippen molar-refractivity contribution >= 4 is 11.5 Å². The van der Waals surface area contributed by atoms with Gasteiger partial charge in [-0.2, -0.15) is 4.98 Å². The van der Waals surface area contributed by atoms with Gasteiger partial charge in [0.1, 0.15) is 6.33 Å². The van der Waals surface area contributed by atoms with Crippen LogP contribution in [0.3, 0.4) is 0 Å². The van der Waals surface area contributed by atoms with Crippen molar-refractivity contribution in [2.24, 2.45) is 0 Å². The maximum Gasteiger partial charge on any atom is 0.374 e. The summed E-state index contributed by atoms with van der Waals surface area (Å²) in [6.07, 6.45) is 4.58. The first-order valence-corrected chi connectivity index (χ1v) is 5.77. The van der Waals surface area contributed by atoms with E-state index < -0.39 is 4.92 Å². The summed E-state index contributed by atoms with van der Waals surface area (Å²) in [6, 6.07) is 0. The van der Waals surface area contributed by atoms with Gasteiger partial charge in [-0.05, 0) is 12.8 Å². The molecule has 0 radical (unpaired) electrons. The maximum atomic E-state index is 11.0. The van der Waals surface area contributed by atoms with Gasteiger partial charge in [0.25, 0.3) is 5.88 Å². The largest absolute Gasteiger partial charge is 0.476 e. The number of rotatable bonds is 4. The highest BCUT2D eigenvalue weighted by atomic mass is 16.6. The molecule has 0 amide bonds. The second kappa shape index (κ2) is 5.58. The van der Waals surface area contributed by atoms with Gasteiger partial charge in [0, 0.05) is 13.1 Å². The van der Waals surface area contributed by atoms with Gasteiger partial charge in [-0.3, -0.25) is 15.5 Å². The lowest BCUT2D eigenvalue weighted by Crippen LogP contribution is -2.35. The molecule has 0 spiro atoms. The van der Waals surface area contributed by atoms with Crippen LogP contribution in [0.2, 0.25) is 0 Å². The maximum absolute atomic E-state index is 11.0. The van der Waals surface area contributed by atoms with Crippen LogP contribution in [0, 0.1) is 10.1 Å². The summed E-state index contributed by atoms with van der Waals surface area (Å²) in [6.45, 7) is 1.70. The quantitative estimate of drug-likeness (QED) is 0.636. The second-order valence-electron chi connectivity index (χ2n) is 4.00. The molecular formula is C10H15N5O3. The minimum Gasteiger partial charge on any atom is -0.476 e. The van der Waals surface area contributed by atoms with Crippen LogP contribution in [0.1, 0.15) is 19.3 Å². The second-order valence-corrected chi connectivity index (χ2v) is 4.00. The Hall–Kier alpha value is -1.96. The van der Waals surface area contributed by atoms with E-state index in [1.54, 1.807) is 0 Å². The fourth-order valence-electron chi connectivity index (χ4n) is 1.91. The molecule has 1 fully saturated rings. The molecule has 2 heterocycles. The first kappa shape index (κ1) is 12.5. The lowest BCUT2D eigenvalue weighted by atomic mass is 10.2. The lowest BCUT2D eigenvalue weighted by molar-refractivity contribution is -0.385. The van der Waals surface area contributed by atoms with E-state index in [9.17, 15) is 10.1 Å². The van der Waals surface area contributed by atoms with Gasteiger partial charge in [0.05, 0.1) is 12.0 Å². The smallest absolute Gasteiger partial charge is 0.374 e. The third-order valence-corrected chi connectivity index (χ3v) is 2.78. The molecule has 2 rings (SSSR count). The fourth-order valence-corrected chi connectivity index (χ4v) is 1.91. The standard InChI is InChI=1S/C10H15N5O3/c1-18-10-8(15(16)17)9(11-7-12-10)13-14-5-3-2-4-6-14/h7H,2-6H2,1H3,(H,11,12,13). The Morgan fingerprint density at radius 1 is 1.39 bits per heavy atom. The van der Waals surface area contributed by atoms with Crippen molar-refractivity contribution in [3.8, 4) is 5.88 Å². The summed E-state index contributed by atoms with van der Waals surface area (Å²) in [7, 11) is 1.35. The number of piperidine rings is 1. The summed E-state index contributed by atoms with van der Waals surface area (Å²) < 4.78 is 4.89. The van der Waals surface area contributed by atoms with Crippen LogP contribution >= 0.6 is 0 Å². The molecule has 1 aromatic rings. The lowest BCUT2D eigenvalue weighted by Gasteiger charge is -2.26. The summed E-state index contributed by atoms with van der Waals surface area (Å²) >= 11 is 0. The number of nitrogens with one attached hydrogen (secondary N) is 1. The Bertz CT molecular complexity index is 434. The van der Waals surface area contributed by atoms with Crippen molar-refractivity contribution in [2.75, 3.05) is 25.6 Å². The molecule has 0 saturated carbocycles. The average Bonchev–Trinajstić information content (AvgIpc) is 2.39. The molecule has 18 heavy (non-hydrogen) atoms. The van der Waals surface area contributed by atoms with Crippen molar-refractivity contribution < 1.29 is 9.66 Å². The number of hydrogen-bond donors (Lipinski definition) is 1. The van der Waals surface area contributed by atoms with Gasteiger partial charge in [-0.1, -0.05) is 6.42 Å². The molecular weight excluding hydrogens is 238 g/mol. The van der Waals surface area contributed by atoms with E-state index in [-0.39, 0.29) is 17.4 Å². The van der Waals surface area contributed by atoms with E-state index in [0.717, 1.165) is 25.9 Å². The summed E-state index contributed by atoms with van der Waals surface area (Å²) in [5.41, 5.74) is 2.74. The molecule has 1 aromatic heterocycles. The van der Waals surface area contributed by atoms with Crippen molar-refractivity contribution in [1.29, 1.82) is 0 Å². The summed E-state index contributed by atoms with van der Waals surface area (Å²) in [4.78, 5) is 18.1. The first-order valence-electron chi connectivity index (χ1n) is 5.77. The van der Waals surface area contributed by atoms with E-state index in [1.165, 1.54) is 19.9 Å². The van der Waals surface area contributed by atoms with Gasteiger partial charge in [-0.15, -0.1) is 0 Å². The number of aromatic nitrogens is 2. The molecule has 8 heteroatoms. The van der Waals surface area contributed by atoms with Gasteiger partial charge in [0.15, 0.2) is 0 Å². The summed E-state index contributed by atoms with van der Waals surface area (Å²) in [5.74, 6) is 0.142. The molecule has 1 aliphatic rings. The van der Waals surface area contributed by atoms with Crippen molar-refractivity contribution in [3.05, 3.63) is 16.4 Å². The molecule has 0 bridgehead atoms. The van der Waals surface area contributed by atoms with Crippen LogP contribution in [0.25, 0.3) is 0 Å². The molecule has 0 unspecified atom stereocenters. The molecule has 0 aromatic carbocycles. The topological polar surface area (TPSA) is 93.4 Å². The monoisotopic (exact) mass is 253 g/mol. The van der Waals surface area contributed by atoms with Crippen LogP contribution in [0.15, 0.2) is 6.33 Å². The van der Waals surface area contributed by atoms with Crippen LogP contribution in [0.5, 0.6) is 5.88 Å². The number of nitro groups is 1. The van der Waals surface area contributed by atoms with Gasteiger partial charge >= 0.3 is 5.69 Å². The van der Waals surface area contributed by atoms with E-state index in [0.29, 0.717) is 0 Å². The number of nitrogens with zero attached hydrogens (tertiary/aromatic N) is 4. The van der Waals surface area contributed by atoms with Gasteiger partial charge < -0.3 is 4.74 Å². The van der Waals surface area contributed by atoms with E-state index in [1.807, 2.05) is 5.01 Å². The number of hydrazine groups is 1. The minimum atomic E-state index is -0.537. The molecule has 0 atom stereocenters. The third kappa shape index (κ3) is 2.65. The Morgan fingerprint density at radius 3 is 2.72 bits per heavy atom. The zero-order valence-corrected chi connectivity index (χ0v) is 10.1. The predicted octanol–water partition coefficient (Wildman–Crippen LogP) is 1.21. The van der Waals surface area contributed by atoms with E-state index >= 15 is 0 Å². The Kier molecular flexibility index (Phi) is 3.88. The SMILES string of the molecule is COc1ncnc(NN2CCCCC2)c1[N+](=O)[O-]. The fraction of sp³-hybridized carbons (Fsp3) is 0.600. The van der Waals surface area contributed by atoms with Crippen molar-refractivity contribution in [3.63, 3.8) is 0 Å². The predicted molar refractivity (Wildman–Crippen MR) is 64.3 cm³/mol. The molecule has 1 saturated heterocycles. The summed E-state index contributed by atoms with van der Waals surface area (Å²) in [5, 5.41) is 13.0. The molecule has 8 nitrogen and oxygen atoms in total.